The van der Waals surface area contributed by atoms with Crippen LogP contribution in [-0.4, -0.2) is 12.9 Å². The van der Waals surface area contributed by atoms with E-state index in [0.29, 0.717) is 6.42 Å². The number of hydrogen-bond acceptors (Lipinski definition) is 2. The number of carbonyl (C=O) groups excluding carboxylic acids is 1. The van der Waals surface area contributed by atoms with Gasteiger partial charge in [0.1, 0.15) is 5.78 Å². The van der Waals surface area contributed by atoms with Crippen LogP contribution in [0.5, 0.6) is 5.75 Å². The zero-order valence-electron chi connectivity index (χ0n) is 10.4. The first-order valence-corrected chi connectivity index (χ1v) is 5.89. The smallest absolute Gasteiger partial charge is 0.165 e. The van der Waals surface area contributed by atoms with Gasteiger partial charge in [-0.05, 0) is 24.1 Å². The lowest BCUT2D eigenvalue weighted by Crippen LogP contribution is -2.45. The summed E-state index contributed by atoms with van der Waals surface area (Å²) < 4.78 is 18.5. The first-order valence-electron chi connectivity index (χ1n) is 5.89. The fraction of sp³-hybridized carbons (Fsp3) is 0.500. The Balaban J connectivity index is 2.30. The second kappa shape index (κ2) is 4.13. The summed E-state index contributed by atoms with van der Waals surface area (Å²) in [6.07, 6.45) is 1.32. The topological polar surface area (TPSA) is 26.3 Å². The molecule has 0 amide bonds. The molecule has 0 spiro atoms. The summed E-state index contributed by atoms with van der Waals surface area (Å²) in [4.78, 5) is 11.7. The summed E-state index contributed by atoms with van der Waals surface area (Å²) in [5, 5.41) is 0. The fourth-order valence-electron chi connectivity index (χ4n) is 2.54. The molecule has 92 valence electrons. The highest BCUT2D eigenvalue weighted by atomic mass is 19.1. The molecule has 2 nitrogen and oxygen atoms in total. The molecule has 3 heteroatoms. The molecular weight excluding hydrogens is 219 g/mol. The first kappa shape index (κ1) is 12.1. The van der Waals surface area contributed by atoms with Crippen LogP contribution >= 0.6 is 0 Å². The second-order valence-electron chi connectivity index (χ2n) is 4.84. The summed E-state index contributed by atoms with van der Waals surface area (Å²) >= 11 is 0. The van der Waals surface area contributed by atoms with Crippen molar-refractivity contribution in [1.82, 2.24) is 0 Å². The second-order valence-corrected chi connectivity index (χ2v) is 4.84. The van der Waals surface area contributed by atoms with E-state index in [2.05, 4.69) is 0 Å². The van der Waals surface area contributed by atoms with E-state index in [1.807, 2.05) is 19.9 Å². The SMILES string of the molecule is CCC1(C)C(=O)CC1c1ccc(OC)c(F)c1. The number of rotatable bonds is 3. The number of ketones is 1. The van der Waals surface area contributed by atoms with E-state index in [1.54, 1.807) is 6.07 Å². The minimum atomic E-state index is -0.359. The number of ether oxygens (including phenoxy) is 1. The van der Waals surface area contributed by atoms with Gasteiger partial charge >= 0.3 is 0 Å². The van der Waals surface area contributed by atoms with Crippen LogP contribution in [0.2, 0.25) is 0 Å². The van der Waals surface area contributed by atoms with Gasteiger partial charge in [0.05, 0.1) is 7.11 Å². The molecule has 17 heavy (non-hydrogen) atoms. The summed E-state index contributed by atoms with van der Waals surface area (Å²) in [5.41, 5.74) is 0.577. The predicted molar refractivity (Wildman–Crippen MR) is 63.7 cm³/mol. The van der Waals surface area contributed by atoms with Gasteiger partial charge in [-0.3, -0.25) is 4.79 Å². The zero-order valence-corrected chi connectivity index (χ0v) is 10.4. The van der Waals surface area contributed by atoms with Gasteiger partial charge in [0.15, 0.2) is 11.6 Å². The number of carbonyl (C=O) groups is 1. The van der Waals surface area contributed by atoms with Crippen molar-refractivity contribution in [2.45, 2.75) is 32.6 Å². The van der Waals surface area contributed by atoms with Crippen LogP contribution in [0.3, 0.4) is 0 Å². The lowest BCUT2D eigenvalue weighted by molar-refractivity contribution is -0.139. The van der Waals surface area contributed by atoms with Crippen molar-refractivity contribution in [3.8, 4) is 5.75 Å². The molecule has 2 atom stereocenters. The van der Waals surface area contributed by atoms with Crippen LogP contribution in [0, 0.1) is 11.2 Å². The van der Waals surface area contributed by atoms with E-state index >= 15 is 0 Å². The Bertz CT molecular complexity index is 456. The van der Waals surface area contributed by atoms with Crippen molar-refractivity contribution in [2.75, 3.05) is 7.11 Å². The fourth-order valence-corrected chi connectivity index (χ4v) is 2.54. The molecule has 2 rings (SSSR count). The van der Waals surface area contributed by atoms with Crippen molar-refractivity contribution < 1.29 is 13.9 Å². The van der Waals surface area contributed by atoms with E-state index in [0.717, 1.165) is 12.0 Å². The van der Waals surface area contributed by atoms with E-state index in [4.69, 9.17) is 4.74 Å². The number of benzene rings is 1. The molecule has 1 aromatic rings. The molecule has 0 radical (unpaired) electrons. The molecule has 0 heterocycles. The Hall–Kier alpha value is -1.38. The molecule has 0 saturated heterocycles. The third kappa shape index (κ3) is 1.74. The maximum Gasteiger partial charge on any atom is 0.165 e. The molecule has 1 saturated carbocycles. The summed E-state index contributed by atoms with van der Waals surface area (Å²) in [5.74, 6) is 0.307. The van der Waals surface area contributed by atoms with Gasteiger partial charge in [-0.15, -0.1) is 0 Å². The maximum atomic E-state index is 13.6. The van der Waals surface area contributed by atoms with Gasteiger partial charge in [-0.1, -0.05) is 19.9 Å². The van der Waals surface area contributed by atoms with Crippen molar-refractivity contribution in [1.29, 1.82) is 0 Å². The molecule has 2 unspecified atom stereocenters. The number of hydrogen-bond donors (Lipinski definition) is 0. The standard InChI is InChI=1S/C14H17FO2/c1-4-14(2)10(8-13(14)16)9-5-6-12(17-3)11(15)7-9/h5-7,10H,4,8H2,1-3H3. The minimum absolute atomic E-state index is 0.139. The van der Waals surface area contributed by atoms with E-state index < -0.39 is 0 Å². The lowest BCUT2D eigenvalue weighted by atomic mass is 9.56. The van der Waals surface area contributed by atoms with Gasteiger partial charge in [0, 0.05) is 17.8 Å². The molecule has 1 aliphatic rings. The van der Waals surface area contributed by atoms with Crippen molar-refractivity contribution >= 4 is 5.78 Å². The zero-order chi connectivity index (χ0) is 12.6. The minimum Gasteiger partial charge on any atom is -0.494 e. The molecule has 0 bridgehead atoms. The summed E-state index contributed by atoms with van der Waals surface area (Å²) in [6.45, 7) is 3.97. The molecule has 0 aliphatic heterocycles. The largest absolute Gasteiger partial charge is 0.494 e. The normalized spacial score (nSPS) is 27.8. The Morgan fingerprint density at radius 3 is 2.71 bits per heavy atom. The van der Waals surface area contributed by atoms with E-state index in [9.17, 15) is 9.18 Å². The van der Waals surface area contributed by atoms with E-state index in [-0.39, 0.29) is 28.7 Å². The van der Waals surface area contributed by atoms with E-state index in [1.165, 1.54) is 13.2 Å². The van der Waals surface area contributed by atoms with Gasteiger partial charge in [-0.2, -0.15) is 0 Å². The Morgan fingerprint density at radius 2 is 2.24 bits per heavy atom. The van der Waals surface area contributed by atoms with Crippen molar-refractivity contribution in [3.05, 3.63) is 29.6 Å². The van der Waals surface area contributed by atoms with Crippen molar-refractivity contribution in [2.24, 2.45) is 5.41 Å². The van der Waals surface area contributed by atoms with Crippen LogP contribution in [0.15, 0.2) is 18.2 Å². The quantitative estimate of drug-likeness (QED) is 0.804. The molecule has 1 aromatic carbocycles. The average Bonchev–Trinajstić information content (AvgIpc) is 2.34. The lowest BCUT2D eigenvalue weighted by Gasteiger charge is -2.45. The average molecular weight is 236 g/mol. The summed E-state index contributed by atoms with van der Waals surface area (Å²) in [6, 6.07) is 4.97. The third-order valence-corrected chi connectivity index (χ3v) is 4.11. The molecule has 1 fully saturated rings. The van der Waals surface area contributed by atoms with Gasteiger partial charge in [0.25, 0.3) is 0 Å². The molecule has 0 N–H and O–H groups in total. The van der Waals surface area contributed by atoms with Gasteiger partial charge < -0.3 is 4.74 Å². The van der Waals surface area contributed by atoms with Crippen molar-refractivity contribution in [3.63, 3.8) is 0 Å². The maximum absolute atomic E-state index is 13.6. The predicted octanol–water partition coefficient (Wildman–Crippen LogP) is 3.31. The van der Waals surface area contributed by atoms with Crippen LogP contribution in [-0.2, 0) is 4.79 Å². The number of halogens is 1. The highest BCUT2D eigenvalue weighted by Crippen LogP contribution is 2.52. The molecular formula is C14H17FO2. The highest BCUT2D eigenvalue weighted by Gasteiger charge is 2.50. The van der Waals surface area contributed by atoms with Crippen LogP contribution in [0.4, 0.5) is 4.39 Å². The van der Waals surface area contributed by atoms with Crippen LogP contribution in [0.1, 0.15) is 38.2 Å². The molecule has 0 aromatic heterocycles. The highest BCUT2D eigenvalue weighted by molar-refractivity contribution is 5.93. The number of methoxy groups -OCH3 is 1. The Kier molecular flexibility index (Phi) is 2.94. The van der Waals surface area contributed by atoms with Crippen LogP contribution < -0.4 is 4.74 Å². The molecule has 1 aliphatic carbocycles. The summed E-state index contributed by atoms with van der Waals surface area (Å²) in [7, 11) is 1.45. The Labute approximate surface area is 101 Å². The van der Waals surface area contributed by atoms with Gasteiger partial charge in [0.2, 0.25) is 0 Å². The monoisotopic (exact) mass is 236 g/mol. The number of Topliss-reactive ketones (excluding diaryl/α,β-unsaturated/α-hetero) is 1. The van der Waals surface area contributed by atoms with Gasteiger partial charge in [-0.25, -0.2) is 4.39 Å². The Morgan fingerprint density at radius 1 is 1.53 bits per heavy atom. The van der Waals surface area contributed by atoms with Crippen LogP contribution in [0.25, 0.3) is 0 Å². The third-order valence-electron chi connectivity index (χ3n) is 4.11. The first-order chi connectivity index (χ1) is 8.02.